The van der Waals surface area contributed by atoms with E-state index in [1.54, 1.807) is 20.0 Å². The number of aromatic nitrogens is 2. The zero-order chi connectivity index (χ0) is 29.8. The van der Waals surface area contributed by atoms with Gasteiger partial charge in [-0.25, -0.2) is 13.8 Å². The fourth-order valence-electron chi connectivity index (χ4n) is 4.75. The summed E-state index contributed by atoms with van der Waals surface area (Å²) in [4.78, 5) is 32.2. The minimum Gasteiger partial charge on any atom is -0.387 e. The van der Waals surface area contributed by atoms with Gasteiger partial charge in [0.1, 0.15) is 46.1 Å². The molecule has 0 aliphatic heterocycles. The van der Waals surface area contributed by atoms with Gasteiger partial charge in [-0.15, -0.1) is 0 Å². The molecule has 1 heterocycles. The van der Waals surface area contributed by atoms with Gasteiger partial charge in [-0.1, -0.05) is 65.0 Å². The second-order valence-electron chi connectivity index (χ2n) is 11.7. The molecule has 212 valence electrons. The van der Waals surface area contributed by atoms with Crippen LogP contribution in [0.4, 0.5) is 8.78 Å². The number of halogens is 2. The third kappa shape index (κ3) is 7.64. The van der Waals surface area contributed by atoms with Gasteiger partial charge in [-0.3, -0.25) is 9.59 Å². The number of amides is 1. The van der Waals surface area contributed by atoms with E-state index in [4.69, 9.17) is 10.7 Å². The molecular formula is C30H37AlF2N4O3. The molecule has 0 saturated carbocycles. The van der Waals surface area contributed by atoms with E-state index >= 15 is 0 Å². The van der Waals surface area contributed by atoms with E-state index in [1.165, 1.54) is 4.90 Å². The van der Waals surface area contributed by atoms with Crippen molar-refractivity contribution in [2.24, 2.45) is 11.1 Å². The molecule has 2 radical (unpaired) electrons. The maximum Gasteiger partial charge on any atom is 0.248 e. The number of aliphatic hydroxyl groups excluding tert-OH is 1. The van der Waals surface area contributed by atoms with Crippen molar-refractivity contribution in [3.05, 3.63) is 77.8 Å². The number of benzene rings is 2. The number of imidazole rings is 1. The van der Waals surface area contributed by atoms with Gasteiger partial charge in [0.15, 0.2) is 0 Å². The Balaban J connectivity index is 2.15. The second-order valence-corrected chi connectivity index (χ2v) is 13.2. The normalized spacial score (nSPS) is 13.6. The predicted molar refractivity (Wildman–Crippen MR) is 152 cm³/mol. The fourth-order valence-corrected chi connectivity index (χ4v) is 4.96. The average Bonchev–Trinajstić information content (AvgIpc) is 3.28. The highest BCUT2D eigenvalue weighted by Crippen LogP contribution is 2.39. The first-order chi connectivity index (χ1) is 18.6. The van der Waals surface area contributed by atoms with E-state index in [1.807, 2.05) is 55.7 Å². The molecule has 10 heteroatoms. The molecule has 0 aliphatic carbocycles. The van der Waals surface area contributed by atoms with Crippen molar-refractivity contribution in [2.75, 3.05) is 13.2 Å². The Labute approximate surface area is 242 Å². The molecule has 2 aromatic carbocycles. The summed E-state index contributed by atoms with van der Waals surface area (Å²) in [5, 5.41) is 9.91. The maximum absolute atomic E-state index is 14.8. The minimum atomic E-state index is -0.830. The van der Waals surface area contributed by atoms with Crippen LogP contribution in [0.2, 0.25) is 4.28 Å². The van der Waals surface area contributed by atoms with Crippen LogP contribution in [0.5, 0.6) is 0 Å². The van der Waals surface area contributed by atoms with E-state index in [0.717, 1.165) is 23.8 Å². The lowest BCUT2D eigenvalue weighted by molar-refractivity contribution is -0.140. The van der Waals surface area contributed by atoms with Gasteiger partial charge < -0.3 is 20.3 Å². The topological polar surface area (TPSA) is 101 Å². The molecule has 3 rings (SSSR count). The standard InChI is InChI=1S/C30H37F2N4O3.Al/c1-19(2)27(39)24(33)13-14-36(26(38)18-37)28(30(3,4)5)29-34-25(22-15-21(31)11-12-23(22)32)17-35(29)16-20-9-7-6-8-10-20;/h6-12,15,17,24,28,37H,13-14,16,18,33H2,1-5H3;/t24-,28?;/m0./s1. The van der Waals surface area contributed by atoms with E-state index in [0.29, 0.717) is 12.4 Å². The van der Waals surface area contributed by atoms with Gasteiger partial charge in [0, 0.05) is 24.8 Å². The number of aliphatic hydroxyl groups is 1. The van der Waals surface area contributed by atoms with E-state index in [2.05, 4.69) is 16.3 Å². The van der Waals surface area contributed by atoms with Crippen LogP contribution in [0, 0.1) is 17.0 Å². The Morgan fingerprint density at radius 3 is 2.33 bits per heavy atom. The Hall–Kier alpha value is -2.90. The van der Waals surface area contributed by atoms with Crippen LogP contribution in [-0.4, -0.2) is 66.7 Å². The maximum atomic E-state index is 14.8. The van der Waals surface area contributed by atoms with Gasteiger partial charge in [0.2, 0.25) is 5.91 Å². The van der Waals surface area contributed by atoms with Crippen LogP contribution in [0.3, 0.4) is 0 Å². The van der Waals surface area contributed by atoms with Crippen molar-refractivity contribution in [1.82, 2.24) is 14.5 Å². The van der Waals surface area contributed by atoms with Crippen LogP contribution < -0.4 is 5.73 Å². The lowest BCUT2D eigenvalue weighted by atomic mass is 9.84. The molecule has 0 aliphatic rings. The predicted octanol–water partition coefficient (Wildman–Crippen LogP) is 4.44. The van der Waals surface area contributed by atoms with Crippen molar-refractivity contribution >= 4 is 28.0 Å². The largest absolute Gasteiger partial charge is 0.387 e. The summed E-state index contributed by atoms with van der Waals surface area (Å²) >= 11 is 2.48. The quantitative estimate of drug-likeness (QED) is 0.334. The van der Waals surface area contributed by atoms with Gasteiger partial charge >= 0.3 is 0 Å². The Morgan fingerprint density at radius 2 is 1.75 bits per heavy atom. The molecule has 0 spiro atoms. The Morgan fingerprint density at radius 1 is 1.10 bits per heavy atom. The molecule has 3 aromatic rings. The highest BCUT2D eigenvalue weighted by Gasteiger charge is 2.39. The molecule has 3 N–H and O–H groups in total. The zero-order valence-electron chi connectivity index (χ0n) is 23.7. The molecule has 2 atom stereocenters. The molecule has 1 aromatic heterocycles. The Bertz CT molecular complexity index is 1330. The highest BCUT2D eigenvalue weighted by molar-refractivity contribution is 6.28. The fraction of sp³-hybridized carbons (Fsp3) is 0.433. The molecule has 1 amide bonds. The van der Waals surface area contributed by atoms with Crippen molar-refractivity contribution in [1.29, 1.82) is 0 Å². The summed E-state index contributed by atoms with van der Waals surface area (Å²) in [5.41, 5.74) is 6.76. The van der Waals surface area contributed by atoms with Gasteiger partial charge in [0.05, 0.1) is 17.8 Å². The SMILES string of the molecule is C[C](C)([Al])C(=O)[C@@H](N)CCN(C(=O)CO)C(c1nc(-c2cc(F)ccc2F)cn1Cc1ccccc1)C(C)(C)C. The number of hydrogen-bond acceptors (Lipinski definition) is 5. The van der Waals surface area contributed by atoms with Crippen molar-refractivity contribution in [2.45, 2.75) is 63.9 Å². The lowest BCUT2D eigenvalue weighted by Crippen LogP contribution is -2.47. The van der Waals surface area contributed by atoms with Gasteiger partial charge in [-0.05, 0) is 39.9 Å². The number of Topliss-reactive ketones (excluding diaryl/α,β-unsaturated/α-hetero) is 1. The summed E-state index contributed by atoms with van der Waals surface area (Å²) in [6, 6.07) is 11.2. The summed E-state index contributed by atoms with van der Waals surface area (Å²) in [5.74, 6) is -1.52. The van der Waals surface area contributed by atoms with Crippen LogP contribution >= 0.6 is 0 Å². The van der Waals surface area contributed by atoms with Gasteiger partial charge in [-0.2, -0.15) is 0 Å². The van der Waals surface area contributed by atoms with Gasteiger partial charge in [0.25, 0.3) is 0 Å². The third-order valence-electron chi connectivity index (χ3n) is 6.69. The molecule has 1 unspecified atom stereocenters. The summed E-state index contributed by atoms with van der Waals surface area (Å²) < 4.78 is 30.0. The number of nitrogens with zero attached hydrogens (tertiary/aromatic N) is 3. The highest BCUT2D eigenvalue weighted by atomic mass is 27.0. The molecule has 7 nitrogen and oxygen atoms in total. The average molecular weight is 567 g/mol. The van der Waals surface area contributed by atoms with Crippen LogP contribution in [0.15, 0.2) is 54.7 Å². The van der Waals surface area contributed by atoms with E-state index < -0.39 is 45.9 Å². The number of carbonyl (C=O) groups excluding carboxylic acids is 2. The molecule has 40 heavy (non-hydrogen) atoms. The number of rotatable bonds is 11. The number of nitrogens with two attached hydrogens (primary N) is 1. The van der Waals surface area contributed by atoms with Crippen LogP contribution in [0.25, 0.3) is 11.3 Å². The van der Waals surface area contributed by atoms with Crippen molar-refractivity contribution < 1.29 is 23.5 Å². The first-order valence-electron chi connectivity index (χ1n) is 13.2. The van der Waals surface area contributed by atoms with Crippen LogP contribution in [0.1, 0.15) is 58.5 Å². The Kier molecular flexibility index (Phi) is 10.1. The first-order valence-corrected chi connectivity index (χ1v) is 13.8. The summed E-state index contributed by atoms with van der Waals surface area (Å²) in [6.07, 6.45) is 1.81. The molecule has 0 saturated heterocycles. The smallest absolute Gasteiger partial charge is 0.248 e. The summed E-state index contributed by atoms with van der Waals surface area (Å²) in [7, 11) is 0. The van der Waals surface area contributed by atoms with E-state index in [9.17, 15) is 23.5 Å². The lowest BCUT2D eigenvalue weighted by Gasteiger charge is -2.40. The number of hydrogen-bond donors (Lipinski definition) is 2. The second kappa shape index (κ2) is 12.7. The van der Waals surface area contributed by atoms with Crippen LogP contribution in [-0.2, 0) is 16.1 Å². The molecule has 0 bridgehead atoms. The monoisotopic (exact) mass is 566 g/mol. The minimum absolute atomic E-state index is 0.00366. The summed E-state index contributed by atoms with van der Waals surface area (Å²) in [6.45, 7) is 8.96. The third-order valence-corrected chi connectivity index (χ3v) is 6.98. The number of ketones is 1. The van der Waals surface area contributed by atoms with E-state index in [-0.39, 0.29) is 30.0 Å². The molecular weight excluding hydrogens is 529 g/mol. The van der Waals surface area contributed by atoms with Crippen molar-refractivity contribution in [3.8, 4) is 11.3 Å². The molecule has 0 fully saturated rings. The first kappa shape index (κ1) is 31.6. The number of carbonyl (C=O) groups is 2. The van der Waals surface area contributed by atoms with Crippen molar-refractivity contribution in [3.63, 3.8) is 0 Å². The zero-order valence-corrected chi connectivity index (χ0v) is 24.8.